The van der Waals surface area contributed by atoms with Crippen molar-refractivity contribution in [1.82, 2.24) is 4.90 Å². The van der Waals surface area contributed by atoms with Crippen LogP contribution in [0.25, 0.3) is 6.08 Å². The first-order valence-electron chi connectivity index (χ1n) is 9.30. The Labute approximate surface area is 168 Å². The number of ether oxygens (including phenoxy) is 2. The van der Waals surface area contributed by atoms with Crippen molar-refractivity contribution in [2.75, 3.05) is 37.7 Å². The minimum absolute atomic E-state index is 0.103. The van der Waals surface area contributed by atoms with Gasteiger partial charge in [-0.2, -0.15) is 0 Å². The van der Waals surface area contributed by atoms with Crippen LogP contribution in [0.3, 0.4) is 0 Å². The smallest absolute Gasteiger partial charge is 0.265 e. The zero-order valence-corrected chi connectivity index (χ0v) is 16.5. The average molecular weight is 398 g/mol. The molecule has 3 heterocycles. The number of thiophene rings is 1. The van der Waals surface area contributed by atoms with Gasteiger partial charge in [0.2, 0.25) is 0 Å². The number of hydrogen-bond acceptors (Lipinski definition) is 5. The van der Waals surface area contributed by atoms with Gasteiger partial charge in [0.1, 0.15) is 5.75 Å². The summed E-state index contributed by atoms with van der Waals surface area (Å²) in [5.74, 6) is 0.282. The molecule has 146 valence electrons. The molecule has 2 aromatic rings. The Bertz CT molecular complexity index is 901. The summed E-state index contributed by atoms with van der Waals surface area (Å²) in [6.45, 7) is 4.38. The van der Waals surface area contributed by atoms with E-state index in [4.69, 9.17) is 9.47 Å². The van der Waals surface area contributed by atoms with Crippen LogP contribution >= 0.6 is 11.3 Å². The van der Waals surface area contributed by atoms with Gasteiger partial charge >= 0.3 is 0 Å². The molecule has 28 heavy (non-hydrogen) atoms. The van der Waals surface area contributed by atoms with E-state index in [1.165, 1.54) is 4.88 Å². The van der Waals surface area contributed by atoms with Crippen molar-refractivity contribution in [3.8, 4) is 5.75 Å². The fourth-order valence-corrected chi connectivity index (χ4v) is 4.13. The second-order valence-electron chi connectivity index (χ2n) is 6.74. The second-order valence-corrected chi connectivity index (χ2v) is 8.06. The third kappa shape index (κ3) is 3.95. The normalized spacial score (nSPS) is 19.4. The summed E-state index contributed by atoms with van der Waals surface area (Å²) in [6.07, 6.45) is 2.66. The molecule has 2 aliphatic heterocycles. The maximum atomic E-state index is 12.9. The van der Waals surface area contributed by atoms with Gasteiger partial charge in [0.05, 0.1) is 25.4 Å². The average Bonchev–Trinajstić information content (AvgIpc) is 3.16. The number of carbonyl (C=O) groups is 2. The first-order valence-corrected chi connectivity index (χ1v) is 10.1. The molecule has 1 aromatic carbocycles. The van der Waals surface area contributed by atoms with E-state index in [0.29, 0.717) is 37.7 Å². The largest absolute Gasteiger partial charge is 0.476 e. The summed E-state index contributed by atoms with van der Waals surface area (Å²) < 4.78 is 11.3. The highest BCUT2D eigenvalue weighted by Gasteiger charge is 2.35. The van der Waals surface area contributed by atoms with E-state index < -0.39 is 6.10 Å². The molecular weight excluding hydrogens is 376 g/mol. The standard InChI is InChI=1S/C21H22N2O4S/c1-15-6-7-16(28-15)8-9-20(24)23-14-19(21(25)22-10-12-26-13-11-22)27-18-5-3-2-4-17(18)23/h2-9,19H,10-14H2,1H3/b9-8+. The number of benzene rings is 1. The third-order valence-electron chi connectivity index (χ3n) is 4.79. The van der Waals surface area contributed by atoms with Crippen molar-refractivity contribution in [3.63, 3.8) is 0 Å². The molecule has 4 rings (SSSR count). The third-order valence-corrected chi connectivity index (χ3v) is 5.76. The highest BCUT2D eigenvalue weighted by atomic mass is 32.1. The van der Waals surface area contributed by atoms with Crippen LogP contribution in [-0.2, 0) is 14.3 Å². The summed E-state index contributed by atoms with van der Waals surface area (Å²) in [5, 5.41) is 0. The summed E-state index contributed by atoms with van der Waals surface area (Å²) in [7, 11) is 0. The van der Waals surface area contributed by atoms with Gasteiger partial charge in [-0.25, -0.2) is 0 Å². The second kappa shape index (κ2) is 8.16. The quantitative estimate of drug-likeness (QED) is 0.746. The molecule has 1 unspecified atom stereocenters. The van der Waals surface area contributed by atoms with Crippen LogP contribution < -0.4 is 9.64 Å². The molecule has 1 fully saturated rings. The lowest BCUT2D eigenvalue weighted by Gasteiger charge is -2.37. The van der Waals surface area contributed by atoms with Gasteiger partial charge in [-0.05, 0) is 37.3 Å². The van der Waals surface area contributed by atoms with Crippen molar-refractivity contribution in [1.29, 1.82) is 0 Å². The van der Waals surface area contributed by atoms with E-state index >= 15 is 0 Å². The molecule has 0 radical (unpaired) electrons. The van der Waals surface area contributed by atoms with Crippen LogP contribution in [0.4, 0.5) is 5.69 Å². The Kier molecular flexibility index (Phi) is 5.45. The van der Waals surface area contributed by atoms with E-state index in [1.807, 2.05) is 43.3 Å². The highest BCUT2D eigenvalue weighted by molar-refractivity contribution is 7.12. The molecule has 1 saturated heterocycles. The Hall–Kier alpha value is -2.64. The number of carbonyl (C=O) groups excluding carboxylic acids is 2. The fraction of sp³-hybridized carbons (Fsp3) is 0.333. The Morgan fingerprint density at radius 1 is 1.14 bits per heavy atom. The number of morpholine rings is 1. The van der Waals surface area contributed by atoms with E-state index in [2.05, 4.69) is 0 Å². The maximum absolute atomic E-state index is 12.9. The molecule has 7 heteroatoms. The number of amides is 2. The van der Waals surface area contributed by atoms with Gasteiger partial charge in [-0.3, -0.25) is 9.59 Å². The van der Waals surface area contributed by atoms with Crippen molar-refractivity contribution in [2.24, 2.45) is 0 Å². The van der Waals surface area contributed by atoms with Gasteiger partial charge in [-0.1, -0.05) is 12.1 Å². The van der Waals surface area contributed by atoms with Gasteiger partial charge in [-0.15, -0.1) is 11.3 Å². The molecule has 2 aliphatic rings. The predicted molar refractivity (Wildman–Crippen MR) is 109 cm³/mol. The highest BCUT2D eigenvalue weighted by Crippen LogP contribution is 2.34. The molecule has 0 spiro atoms. The summed E-state index contributed by atoms with van der Waals surface area (Å²) in [6, 6.07) is 11.3. The fourth-order valence-electron chi connectivity index (χ4n) is 3.35. The first kappa shape index (κ1) is 18.7. The van der Waals surface area contributed by atoms with Crippen molar-refractivity contribution < 1.29 is 19.1 Å². The zero-order valence-electron chi connectivity index (χ0n) is 15.7. The van der Waals surface area contributed by atoms with E-state index in [1.54, 1.807) is 33.3 Å². The molecule has 0 N–H and O–H groups in total. The van der Waals surface area contributed by atoms with Crippen LogP contribution in [0.15, 0.2) is 42.5 Å². The number of nitrogens with zero attached hydrogens (tertiary/aromatic N) is 2. The number of rotatable bonds is 3. The lowest BCUT2D eigenvalue weighted by Crippen LogP contribution is -2.53. The van der Waals surface area contributed by atoms with Gasteiger partial charge in [0.15, 0.2) is 6.10 Å². The minimum atomic E-state index is -0.714. The Balaban J connectivity index is 1.55. The monoisotopic (exact) mass is 398 g/mol. The van der Waals surface area contributed by atoms with Gasteiger partial charge in [0, 0.05) is 28.9 Å². The summed E-state index contributed by atoms with van der Waals surface area (Å²) >= 11 is 1.63. The number of fused-ring (bicyclic) bond motifs is 1. The summed E-state index contributed by atoms with van der Waals surface area (Å²) in [5.41, 5.74) is 0.686. The molecule has 1 aromatic heterocycles. The van der Waals surface area contributed by atoms with Crippen LogP contribution in [0, 0.1) is 6.92 Å². The number of hydrogen-bond donors (Lipinski definition) is 0. The Morgan fingerprint density at radius 2 is 1.93 bits per heavy atom. The van der Waals surface area contributed by atoms with Gasteiger partial charge < -0.3 is 19.3 Å². The van der Waals surface area contributed by atoms with Crippen LogP contribution in [0.2, 0.25) is 0 Å². The van der Waals surface area contributed by atoms with Crippen molar-refractivity contribution in [2.45, 2.75) is 13.0 Å². The van der Waals surface area contributed by atoms with E-state index in [9.17, 15) is 9.59 Å². The first-order chi connectivity index (χ1) is 13.6. The predicted octanol–water partition coefficient (Wildman–Crippen LogP) is 2.72. The lowest BCUT2D eigenvalue weighted by atomic mass is 10.1. The van der Waals surface area contributed by atoms with Crippen LogP contribution in [0.1, 0.15) is 9.75 Å². The Morgan fingerprint density at radius 3 is 2.68 bits per heavy atom. The minimum Gasteiger partial charge on any atom is -0.476 e. The topological polar surface area (TPSA) is 59.1 Å². The molecule has 0 saturated carbocycles. The molecule has 0 bridgehead atoms. The van der Waals surface area contributed by atoms with E-state index in [-0.39, 0.29) is 18.4 Å². The van der Waals surface area contributed by atoms with E-state index in [0.717, 1.165) is 4.88 Å². The number of anilines is 1. The van der Waals surface area contributed by atoms with Gasteiger partial charge in [0.25, 0.3) is 11.8 Å². The van der Waals surface area contributed by atoms with Crippen molar-refractivity contribution >= 4 is 34.9 Å². The molecule has 1 atom stereocenters. The van der Waals surface area contributed by atoms with Crippen molar-refractivity contribution in [3.05, 3.63) is 52.2 Å². The van der Waals surface area contributed by atoms with Crippen LogP contribution in [0.5, 0.6) is 5.75 Å². The summed E-state index contributed by atoms with van der Waals surface area (Å²) in [4.78, 5) is 31.4. The molecular formula is C21H22N2O4S. The maximum Gasteiger partial charge on any atom is 0.265 e. The van der Waals surface area contributed by atoms with Crippen LogP contribution in [-0.4, -0.2) is 55.7 Å². The molecule has 2 amide bonds. The molecule has 6 nitrogen and oxygen atoms in total. The zero-order chi connectivity index (χ0) is 19.5. The molecule has 0 aliphatic carbocycles. The number of para-hydroxylation sites is 2. The lowest BCUT2D eigenvalue weighted by molar-refractivity contribution is -0.142. The number of aryl methyl sites for hydroxylation is 1. The SMILES string of the molecule is Cc1ccc(/C=C/C(=O)N2CC(C(=O)N3CCOCC3)Oc3ccccc32)s1.